The van der Waals surface area contributed by atoms with Crippen molar-refractivity contribution in [2.24, 2.45) is 11.3 Å². The monoisotopic (exact) mass is 222 g/mol. The Labute approximate surface area is 95.5 Å². The van der Waals surface area contributed by atoms with Crippen LogP contribution in [0.15, 0.2) is 12.1 Å². The summed E-state index contributed by atoms with van der Waals surface area (Å²) in [5.41, 5.74) is 0.203. The third-order valence-corrected chi connectivity index (χ3v) is 4.57. The minimum absolute atomic E-state index is 0.203. The van der Waals surface area contributed by atoms with Crippen molar-refractivity contribution < 1.29 is 4.79 Å². The maximum atomic E-state index is 12.3. The van der Waals surface area contributed by atoms with Crippen molar-refractivity contribution >= 4 is 17.1 Å². The number of carbonyl (C=O) groups is 1. The fourth-order valence-corrected chi connectivity index (χ4v) is 3.41. The highest BCUT2D eigenvalue weighted by molar-refractivity contribution is 7.14. The summed E-state index contributed by atoms with van der Waals surface area (Å²) in [6.07, 6.45) is 3.46. The van der Waals surface area contributed by atoms with E-state index in [0.29, 0.717) is 5.78 Å². The zero-order valence-corrected chi connectivity index (χ0v) is 10.5. The van der Waals surface area contributed by atoms with Crippen LogP contribution in [0.25, 0.3) is 0 Å². The summed E-state index contributed by atoms with van der Waals surface area (Å²) in [4.78, 5) is 14.5. The molecule has 1 heterocycles. The van der Waals surface area contributed by atoms with Crippen LogP contribution in [0.3, 0.4) is 0 Å². The highest BCUT2D eigenvalue weighted by atomic mass is 32.1. The van der Waals surface area contributed by atoms with Crippen LogP contribution in [0.2, 0.25) is 0 Å². The second kappa shape index (κ2) is 3.75. The Morgan fingerprint density at radius 3 is 2.67 bits per heavy atom. The van der Waals surface area contributed by atoms with Gasteiger partial charge >= 0.3 is 0 Å². The molecule has 1 aromatic heterocycles. The van der Waals surface area contributed by atoms with Gasteiger partial charge in [0.15, 0.2) is 5.78 Å². The van der Waals surface area contributed by atoms with Crippen molar-refractivity contribution in [2.75, 3.05) is 0 Å². The summed E-state index contributed by atoms with van der Waals surface area (Å²) in [6.45, 7) is 6.51. The molecule has 1 fully saturated rings. The number of aryl methyl sites for hydroxylation is 1. The molecule has 0 bridgehead atoms. The zero-order chi connectivity index (χ0) is 11.1. The quantitative estimate of drug-likeness (QED) is 0.689. The first-order chi connectivity index (χ1) is 7.00. The van der Waals surface area contributed by atoms with E-state index in [0.717, 1.165) is 11.3 Å². The van der Waals surface area contributed by atoms with Gasteiger partial charge in [-0.2, -0.15) is 0 Å². The Hall–Kier alpha value is -0.630. The molecule has 1 aromatic rings. The predicted molar refractivity (Wildman–Crippen MR) is 64.5 cm³/mol. The number of ketones is 1. The van der Waals surface area contributed by atoms with Gasteiger partial charge in [-0.25, -0.2) is 0 Å². The molecule has 1 unspecified atom stereocenters. The Balaban J connectivity index is 2.21. The maximum Gasteiger partial charge on any atom is 0.176 e. The molecule has 2 heteroatoms. The third-order valence-electron chi connectivity index (χ3n) is 3.56. The Kier molecular flexibility index (Phi) is 2.72. The lowest BCUT2D eigenvalue weighted by Crippen LogP contribution is -2.25. The van der Waals surface area contributed by atoms with E-state index < -0.39 is 0 Å². The number of rotatable bonds is 2. The van der Waals surface area contributed by atoms with Crippen LogP contribution in [-0.2, 0) is 0 Å². The lowest BCUT2D eigenvalue weighted by molar-refractivity contribution is 0.0843. The first-order valence-corrected chi connectivity index (χ1v) is 6.43. The molecule has 1 aliphatic carbocycles. The van der Waals surface area contributed by atoms with Gasteiger partial charge in [0.2, 0.25) is 0 Å². The van der Waals surface area contributed by atoms with E-state index in [1.54, 1.807) is 11.3 Å². The van der Waals surface area contributed by atoms with Crippen LogP contribution < -0.4 is 0 Å². The summed E-state index contributed by atoms with van der Waals surface area (Å²) in [7, 11) is 0. The Bertz CT molecular complexity index is 376. The number of thiophene rings is 1. The van der Waals surface area contributed by atoms with Gasteiger partial charge in [0.25, 0.3) is 0 Å². The maximum absolute atomic E-state index is 12.3. The average molecular weight is 222 g/mol. The van der Waals surface area contributed by atoms with Gasteiger partial charge in [-0.05, 0) is 37.3 Å². The summed E-state index contributed by atoms with van der Waals surface area (Å²) in [5.74, 6) is 0.617. The van der Waals surface area contributed by atoms with Crippen LogP contribution in [0.5, 0.6) is 0 Å². The minimum Gasteiger partial charge on any atom is -0.293 e. The van der Waals surface area contributed by atoms with Gasteiger partial charge in [0.05, 0.1) is 4.88 Å². The summed E-state index contributed by atoms with van der Waals surface area (Å²) in [6, 6.07) is 4.02. The summed E-state index contributed by atoms with van der Waals surface area (Å²) >= 11 is 1.63. The van der Waals surface area contributed by atoms with Crippen LogP contribution in [0, 0.1) is 18.3 Å². The standard InChI is InChI=1S/C13H18OS/c1-9-6-7-11(15-9)12(14)10-5-4-8-13(10,2)3/h6-7,10H,4-5,8H2,1-3H3. The number of hydrogen-bond donors (Lipinski definition) is 0. The summed E-state index contributed by atoms with van der Waals surface area (Å²) < 4.78 is 0. The molecular formula is C13H18OS. The van der Waals surface area contributed by atoms with Crippen molar-refractivity contribution in [3.05, 3.63) is 21.9 Å². The van der Waals surface area contributed by atoms with Crippen LogP contribution in [0.1, 0.15) is 47.7 Å². The Morgan fingerprint density at radius 2 is 2.20 bits per heavy atom. The fraction of sp³-hybridized carbons (Fsp3) is 0.615. The van der Waals surface area contributed by atoms with E-state index in [2.05, 4.69) is 20.8 Å². The van der Waals surface area contributed by atoms with E-state index in [1.165, 1.54) is 17.7 Å². The molecule has 1 aliphatic rings. The van der Waals surface area contributed by atoms with Gasteiger partial charge in [-0.15, -0.1) is 11.3 Å². The first kappa shape index (κ1) is 10.9. The highest BCUT2D eigenvalue weighted by Crippen LogP contribution is 2.44. The molecular weight excluding hydrogens is 204 g/mol. The SMILES string of the molecule is Cc1ccc(C(=O)C2CCCC2(C)C)s1. The molecule has 0 N–H and O–H groups in total. The van der Waals surface area contributed by atoms with Crippen LogP contribution >= 0.6 is 11.3 Å². The van der Waals surface area contributed by atoms with Gasteiger partial charge in [0.1, 0.15) is 0 Å². The summed E-state index contributed by atoms with van der Waals surface area (Å²) in [5, 5.41) is 0. The molecule has 0 aliphatic heterocycles. The van der Waals surface area contributed by atoms with E-state index in [9.17, 15) is 4.79 Å². The van der Waals surface area contributed by atoms with Gasteiger partial charge < -0.3 is 0 Å². The molecule has 15 heavy (non-hydrogen) atoms. The number of hydrogen-bond acceptors (Lipinski definition) is 2. The second-order valence-corrected chi connectivity index (χ2v) is 6.50. The van der Waals surface area contributed by atoms with Crippen LogP contribution in [0.4, 0.5) is 0 Å². The van der Waals surface area contributed by atoms with E-state index in [1.807, 2.05) is 12.1 Å². The van der Waals surface area contributed by atoms with Crippen molar-refractivity contribution in [1.29, 1.82) is 0 Å². The van der Waals surface area contributed by atoms with Crippen molar-refractivity contribution in [1.82, 2.24) is 0 Å². The number of Topliss-reactive ketones (excluding diaryl/α,β-unsaturated/α-hetero) is 1. The largest absolute Gasteiger partial charge is 0.293 e. The molecule has 0 aromatic carbocycles. The van der Waals surface area contributed by atoms with Crippen molar-refractivity contribution in [3.8, 4) is 0 Å². The lowest BCUT2D eigenvalue weighted by Gasteiger charge is -2.25. The van der Waals surface area contributed by atoms with Crippen LogP contribution in [-0.4, -0.2) is 5.78 Å². The minimum atomic E-state index is 0.203. The Morgan fingerprint density at radius 1 is 1.47 bits per heavy atom. The molecule has 82 valence electrons. The molecule has 0 amide bonds. The zero-order valence-electron chi connectivity index (χ0n) is 9.67. The molecule has 0 spiro atoms. The third kappa shape index (κ3) is 2.00. The van der Waals surface area contributed by atoms with Gasteiger partial charge in [-0.3, -0.25) is 4.79 Å². The second-order valence-electron chi connectivity index (χ2n) is 5.21. The smallest absolute Gasteiger partial charge is 0.176 e. The van der Waals surface area contributed by atoms with Crippen molar-refractivity contribution in [3.63, 3.8) is 0 Å². The van der Waals surface area contributed by atoms with E-state index >= 15 is 0 Å². The molecule has 1 saturated carbocycles. The normalized spacial score (nSPS) is 24.3. The molecule has 0 radical (unpaired) electrons. The van der Waals surface area contributed by atoms with E-state index in [-0.39, 0.29) is 11.3 Å². The highest BCUT2D eigenvalue weighted by Gasteiger charge is 2.39. The molecule has 1 atom stereocenters. The molecule has 2 rings (SSSR count). The topological polar surface area (TPSA) is 17.1 Å². The lowest BCUT2D eigenvalue weighted by atomic mass is 9.79. The first-order valence-electron chi connectivity index (χ1n) is 5.61. The predicted octanol–water partition coefficient (Wildman–Crippen LogP) is 4.07. The van der Waals surface area contributed by atoms with Gasteiger partial charge in [0, 0.05) is 10.8 Å². The number of carbonyl (C=O) groups excluding carboxylic acids is 1. The van der Waals surface area contributed by atoms with E-state index in [4.69, 9.17) is 0 Å². The average Bonchev–Trinajstić information content (AvgIpc) is 2.70. The van der Waals surface area contributed by atoms with Gasteiger partial charge in [-0.1, -0.05) is 20.3 Å². The van der Waals surface area contributed by atoms with Crippen molar-refractivity contribution in [2.45, 2.75) is 40.0 Å². The molecule has 0 saturated heterocycles. The fourth-order valence-electron chi connectivity index (χ4n) is 2.55. The molecule has 1 nitrogen and oxygen atoms in total.